The normalized spacial score (nSPS) is 22.0. The second kappa shape index (κ2) is 9.38. The van der Waals surface area contributed by atoms with E-state index in [1.54, 1.807) is 20.8 Å². The number of rotatable bonds is 9. The molecule has 1 saturated carbocycles. The number of hydrogen-bond acceptors (Lipinski definition) is 8. The first-order valence-corrected chi connectivity index (χ1v) is 8.46. The Morgan fingerprint density at radius 1 is 1.26 bits per heavy atom. The molecule has 0 aromatic heterocycles. The minimum Gasteiger partial charge on any atom is -0.469 e. The van der Waals surface area contributed by atoms with Crippen molar-refractivity contribution in [1.82, 2.24) is 5.32 Å². The fourth-order valence-electron chi connectivity index (χ4n) is 2.76. The Kier molecular flexibility index (Phi) is 7.81. The fourth-order valence-corrected chi connectivity index (χ4v) is 2.76. The monoisotopic (exact) mass is 385 g/mol. The molecular weight excluding hydrogens is 358 g/mol. The number of carbonyl (C=O) groups is 4. The Morgan fingerprint density at radius 2 is 1.89 bits per heavy atom. The van der Waals surface area contributed by atoms with E-state index in [0.29, 0.717) is 5.57 Å². The molecule has 0 unspecified atom stereocenters. The molecule has 1 fully saturated rings. The van der Waals surface area contributed by atoms with Crippen LogP contribution in [0.4, 0.5) is 4.79 Å². The molecular formula is C18H27NO8. The summed E-state index contributed by atoms with van der Waals surface area (Å²) in [5, 5.41) is 2.62. The van der Waals surface area contributed by atoms with Gasteiger partial charge in [-0.05, 0) is 26.3 Å². The first kappa shape index (κ1) is 22.5. The first-order chi connectivity index (χ1) is 12.5. The fraction of sp³-hybridized carbons (Fsp3) is 0.667. The molecule has 1 N–H and O–H groups in total. The minimum atomic E-state index is -0.741. The van der Waals surface area contributed by atoms with Gasteiger partial charge in [0.25, 0.3) is 6.47 Å². The van der Waals surface area contributed by atoms with Crippen molar-refractivity contribution in [2.45, 2.75) is 51.9 Å². The highest BCUT2D eigenvalue weighted by molar-refractivity contribution is 5.80. The maximum absolute atomic E-state index is 12.0. The van der Waals surface area contributed by atoms with Crippen LogP contribution >= 0.6 is 0 Å². The molecule has 0 spiro atoms. The molecule has 9 heteroatoms. The van der Waals surface area contributed by atoms with Crippen LogP contribution in [0.2, 0.25) is 0 Å². The molecule has 0 bridgehead atoms. The third-order valence-corrected chi connectivity index (χ3v) is 3.86. The summed E-state index contributed by atoms with van der Waals surface area (Å²) in [7, 11) is 1.23. The predicted molar refractivity (Wildman–Crippen MR) is 93.5 cm³/mol. The minimum absolute atomic E-state index is 0.0339. The van der Waals surface area contributed by atoms with Crippen LogP contribution in [0.5, 0.6) is 0 Å². The van der Waals surface area contributed by atoms with Gasteiger partial charge in [-0.1, -0.05) is 6.58 Å². The largest absolute Gasteiger partial charge is 0.469 e. The van der Waals surface area contributed by atoms with Gasteiger partial charge in [-0.25, -0.2) is 4.79 Å². The summed E-state index contributed by atoms with van der Waals surface area (Å²) in [6.45, 7) is 10.4. The number of alkyl carbamates (subject to hydrolysis) is 1. The van der Waals surface area contributed by atoms with Gasteiger partial charge in [0.1, 0.15) is 18.3 Å². The third kappa shape index (κ3) is 7.28. The molecule has 152 valence electrons. The zero-order valence-corrected chi connectivity index (χ0v) is 16.3. The Morgan fingerprint density at radius 3 is 2.37 bits per heavy atom. The molecule has 1 aliphatic rings. The molecule has 0 saturated heterocycles. The molecule has 0 aromatic rings. The van der Waals surface area contributed by atoms with E-state index in [1.807, 2.05) is 0 Å². The standard InChI is InChI=1S/C18H27NO8/c1-10(8-25-11(2)21)7-12(26-9-20)13-14(16(22)24-6)15(13)19-17(23)27-18(3,4)5/h9,12-15H,1,7-8H2,2-6H3,(H,19,23)/t12-,13-,14-,15-/m1/s1. The van der Waals surface area contributed by atoms with Crippen molar-refractivity contribution in [3.63, 3.8) is 0 Å². The lowest BCUT2D eigenvalue weighted by atomic mass is 10.0. The maximum atomic E-state index is 12.0. The van der Waals surface area contributed by atoms with Crippen molar-refractivity contribution in [2.75, 3.05) is 13.7 Å². The van der Waals surface area contributed by atoms with Crippen LogP contribution in [-0.2, 0) is 33.3 Å². The second-order valence-electron chi connectivity index (χ2n) is 7.30. The summed E-state index contributed by atoms with van der Waals surface area (Å²) in [5.74, 6) is -2.20. The lowest BCUT2D eigenvalue weighted by Crippen LogP contribution is -2.36. The molecule has 1 rings (SSSR count). The number of hydrogen-bond donors (Lipinski definition) is 1. The van der Waals surface area contributed by atoms with E-state index in [9.17, 15) is 19.2 Å². The van der Waals surface area contributed by atoms with Crippen molar-refractivity contribution >= 4 is 24.5 Å². The van der Waals surface area contributed by atoms with Crippen LogP contribution in [0.25, 0.3) is 0 Å². The van der Waals surface area contributed by atoms with Crippen LogP contribution in [0.15, 0.2) is 12.2 Å². The van der Waals surface area contributed by atoms with Gasteiger partial charge in [0, 0.05) is 19.3 Å². The van der Waals surface area contributed by atoms with Gasteiger partial charge < -0.3 is 24.3 Å². The zero-order valence-electron chi connectivity index (χ0n) is 16.3. The summed E-state index contributed by atoms with van der Waals surface area (Å²) in [6, 6.07) is -0.612. The van der Waals surface area contributed by atoms with Gasteiger partial charge in [0.15, 0.2) is 0 Å². The predicted octanol–water partition coefficient (Wildman–Crippen LogP) is 1.35. The molecule has 0 heterocycles. The third-order valence-electron chi connectivity index (χ3n) is 3.86. The Bertz CT molecular complexity index is 595. The molecule has 1 amide bonds. The lowest BCUT2D eigenvalue weighted by molar-refractivity contribution is -0.144. The van der Waals surface area contributed by atoms with Gasteiger partial charge in [-0.15, -0.1) is 0 Å². The summed E-state index contributed by atoms with van der Waals surface area (Å²) < 4.78 is 19.9. The van der Waals surface area contributed by atoms with E-state index >= 15 is 0 Å². The summed E-state index contributed by atoms with van der Waals surface area (Å²) >= 11 is 0. The zero-order chi connectivity index (χ0) is 20.8. The van der Waals surface area contributed by atoms with E-state index < -0.39 is 47.6 Å². The van der Waals surface area contributed by atoms with E-state index in [2.05, 4.69) is 11.9 Å². The van der Waals surface area contributed by atoms with Gasteiger partial charge in [-0.3, -0.25) is 14.4 Å². The van der Waals surface area contributed by atoms with Crippen molar-refractivity contribution < 1.29 is 38.1 Å². The lowest BCUT2D eigenvalue weighted by Gasteiger charge is -2.20. The Labute approximate surface area is 158 Å². The Balaban J connectivity index is 2.82. The van der Waals surface area contributed by atoms with Crippen LogP contribution in [0.3, 0.4) is 0 Å². The molecule has 4 atom stereocenters. The van der Waals surface area contributed by atoms with E-state index in [-0.39, 0.29) is 19.5 Å². The highest BCUT2D eigenvalue weighted by Crippen LogP contribution is 2.45. The van der Waals surface area contributed by atoms with Crippen molar-refractivity contribution in [2.24, 2.45) is 11.8 Å². The van der Waals surface area contributed by atoms with Gasteiger partial charge >= 0.3 is 18.0 Å². The maximum Gasteiger partial charge on any atom is 0.407 e. The van der Waals surface area contributed by atoms with Gasteiger partial charge in [0.05, 0.1) is 19.1 Å². The molecule has 0 aliphatic heterocycles. The highest BCUT2D eigenvalue weighted by atomic mass is 16.6. The molecule has 1 aliphatic carbocycles. The highest BCUT2D eigenvalue weighted by Gasteiger charge is 2.61. The number of amides is 1. The van der Waals surface area contributed by atoms with E-state index in [4.69, 9.17) is 18.9 Å². The molecule has 0 radical (unpaired) electrons. The van der Waals surface area contributed by atoms with Crippen LogP contribution < -0.4 is 5.32 Å². The number of ether oxygens (including phenoxy) is 4. The molecule has 0 aromatic carbocycles. The van der Waals surface area contributed by atoms with Crippen molar-refractivity contribution in [3.8, 4) is 0 Å². The molecule has 9 nitrogen and oxygen atoms in total. The number of methoxy groups -OCH3 is 1. The number of nitrogens with one attached hydrogen (secondary N) is 1. The Hall–Kier alpha value is -2.58. The smallest absolute Gasteiger partial charge is 0.407 e. The number of carbonyl (C=O) groups excluding carboxylic acids is 4. The number of esters is 2. The molecule has 27 heavy (non-hydrogen) atoms. The first-order valence-electron chi connectivity index (χ1n) is 8.46. The van der Waals surface area contributed by atoms with Crippen LogP contribution in [-0.4, -0.2) is 56.0 Å². The van der Waals surface area contributed by atoms with Crippen molar-refractivity contribution in [1.29, 1.82) is 0 Å². The summed E-state index contributed by atoms with van der Waals surface area (Å²) in [5.41, 5.74) is -0.199. The SMILES string of the molecule is C=C(COC(C)=O)C[C@@H](OC=O)[C@H]1[C@@H](NC(=O)OC(C)(C)C)[C@@H]1C(=O)OC. The summed E-state index contributed by atoms with van der Waals surface area (Å²) in [4.78, 5) is 45.8. The van der Waals surface area contributed by atoms with Gasteiger partial charge in [-0.2, -0.15) is 0 Å². The topological polar surface area (TPSA) is 117 Å². The van der Waals surface area contributed by atoms with E-state index in [1.165, 1.54) is 14.0 Å². The van der Waals surface area contributed by atoms with E-state index in [0.717, 1.165) is 0 Å². The summed E-state index contributed by atoms with van der Waals surface area (Å²) in [6.07, 6.45) is -1.27. The second-order valence-corrected chi connectivity index (χ2v) is 7.30. The average Bonchev–Trinajstić information content (AvgIpc) is 3.23. The van der Waals surface area contributed by atoms with Crippen LogP contribution in [0, 0.1) is 11.8 Å². The quantitative estimate of drug-likeness (QED) is 0.274. The average molecular weight is 385 g/mol. The van der Waals surface area contributed by atoms with Gasteiger partial charge in [0.2, 0.25) is 0 Å². The van der Waals surface area contributed by atoms with Crippen LogP contribution in [0.1, 0.15) is 34.1 Å². The van der Waals surface area contributed by atoms with Crippen molar-refractivity contribution in [3.05, 3.63) is 12.2 Å².